The van der Waals surface area contributed by atoms with Gasteiger partial charge in [-0.15, -0.1) is 0 Å². The van der Waals surface area contributed by atoms with Crippen molar-refractivity contribution in [1.82, 2.24) is 0 Å². The highest BCUT2D eigenvalue weighted by Crippen LogP contribution is 2.26. The Hall–Kier alpha value is -1.00. The third-order valence-electron chi connectivity index (χ3n) is 2.19. The highest BCUT2D eigenvalue weighted by atomic mass is 16.6. The number of hydrogen-bond donors (Lipinski definition) is 2. The van der Waals surface area contributed by atoms with Crippen LogP contribution in [0.15, 0.2) is 23.2 Å². The van der Waals surface area contributed by atoms with Crippen molar-refractivity contribution in [1.29, 1.82) is 0 Å². The predicted molar refractivity (Wildman–Crippen MR) is 51.2 cm³/mol. The second-order valence-corrected chi connectivity index (χ2v) is 3.16. The van der Waals surface area contributed by atoms with Gasteiger partial charge in [0, 0.05) is 11.6 Å². The number of rotatable bonds is 3. The molecule has 4 heteroatoms. The number of allylic oxidation sites excluding steroid dienone is 1. The summed E-state index contributed by atoms with van der Waals surface area (Å²) in [7, 11) is 1.52. The van der Waals surface area contributed by atoms with Crippen molar-refractivity contribution in [2.75, 3.05) is 7.11 Å². The van der Waals surface area contributed by atoms with E-state index in [0.717, 1.165) is 5.57 Å². The van der Waals surface area contributed by atoms with Gasteiger partial charge in [0.25, 0.3) is 0 Å². The first kappa shape index (κ1) is 11.1. The molecular formula is C10H16O4. The van der Waals surface area contributed by atoms with E-state index in [0.29, 0.717) is 17.9 Å². The van der Waals surface area contributed by atoms with Crippen molar-refractivity contribution in [2.45, 2.75) is 32.7 Å². The lowest BCUT2D eigenvalue weighted by atomic mass is 10.1. The maximum absolute atomic E-state index is 9.61. The highest BCUT2D eigenvalue weighted by Gasteiger charge is 2.24. The lowest BCUT2D eigenvalue weighted by Gasteiger charge is -2.25. The Morgan fingerprint density at radius 1 is 1.64 bits per heavy atom. The topological polar surface area (TPSA) is 58.9 Å². The van der Waals surface area contributed by atoms with E-state index in [4.69, 9.17) is 9.47 Å². The van der Waals surface area contributed by atoms with E-state index in [1.54, 1.807) is 6.92 Å². The minimum absolute atomic E-state index is 0.388. The highest BCUT2D eigenvalue weighted by molar-refractivity contribution is 5.31. The quantitative estimate of drug-likeness (QED) is 0.711. The van der Waals surface area contributed by atoms with Gasteiger partial charge in [-0.1, -0.05) is 6.92 Å². The molecule has 2 N–H and O–H groups in total. The van der Waals surface area contributed by atoms with Gasteiger partial charge >= 0.3 is 0 Å². The molecule has 0 aromatic carbocycles. The van der Waals surface area contributed by atoms with E-state index in [-0.39, 0.29) is 0 Å². The van der Waals surface area contributed by atoms with E-state index in [9.17, 15) is 10.2 Å². The Kier molecular flexibility index (Phi) is 3.55. The molecule has 0 amide bonds. The monoisotopic (exact) mass is 200 g/mol. The van der Waals surface area contributed by atoms with Crippen molar-refractivity contribution in [3.05, 3.63) is 23.2 Å². The van der Waals surface area contributed by atoms with Crippen molar-refractivity contribution < 1.29 is 19.7 Å². The summed E-state index contributed by atoms with van der Waals surface area (Å²) in [6.07, 6.45) is 0.269. The van der Waals surface area contributed by atoms with E-state index in [1.165, 1.54) is 13.2 Å². The van der Waals surface area contributed by atoms with Crippen molar-refractivity contribution in [3.63, 3.8) is 0 Å². The molecule has 80 valence electrons. The van der Waals surface area contributed by atoms with E-state index < -0.39 is 12.4 Å². The molecule has 0 saturated carbocycles. The van der Waals surface area contributed by atoms with Crippen LogP contribution in [0, 0.1) is 0 Å². The SMILES string of the molecule is CC[C@H](O)C1=C(C)C(OC)=CC(O)O1. The third-order valence-corrected chi connectivity index (χ3v) is 2.19. The van der Waals surface area contributed by atoms with E-state index in [2.05, 4.69) is 0 Å². The minimum atomic E-state index is -1.04. The van der Waals surface area contributed by atoms with Gasteiger partial charge in [0.15, 0.2) is 0 Å². The first-order valence-corrected chi connectivity index (χ1v) is 4.59. The van der Waals surface area contributed by atoms with Crippen LogP contribution in [0.2, 0.25) is 0 Å². The van der Waals surface area contributed by atoms with Crippen molar-refractivity contribution in [3.8, 4) is 0 Å². The summed E-state index contributed by atoms with van der Waals surface area (Å²) in [5.41, 5.74) is 0.729. The molecule has 14 heavy (non-hydrogen) atoms. The molecule has 1 aliphatic heterocycles. The smallest absolute Gasteiger partial charge is 0.220 e. The van der Waals surface area contributed by atoms with Gasteiger partial charge in [0.1, 0.15) is 17.6 Å². The molecule has 1 heterocycles. The van der Waals surface area contributed by atoms with Crippen LogP contribution in [0.5, 0.6) is 0 Å². The standard InChI is InChI=1S/C10H16O4/c1-4-7(11)10-6(2)8(13-3)5-9(12)14-10/h5,7,9,11-12H,4H2,1-3H3/t7-,9?/m0/s1. The summed E-state index contributed by atoms with van der Waals surface area (Å²) in [5, 5.41) is 18.9. The van der Waals surface area contributed by atoms with Gasteiger partial charge in [-0.2, -0.15) is 0 Å². The predicted octanol–water partition coefficient (Wildman–Crippen LogP) is 0.910. The molecule has 0 fully saturated rings. The van der Waals surface area contributed by atoms with Crippen LogP contribution in [0.25, 0.3) is 0 Å². The zero-order chi connectivity index (χ0) is 10.7. The summed E-state index contributed by atoms with van der Waals surface area (Å²) in [6, 6.07) is 0. The molecule has 0 aromatic rings. The lowest BCUT2D eigenvalue weighted by Crippen LogP contribution is -2.23. The Balaban J connectivity index is 2.96. The first-order chi connectivity index (χ1) is 6.60. The number of methoxy groups -OCH3 is 1. The average Bonchev–Trinajstić information content (AvgIpc) is 2.19. The molecular weight excluding hydrogens is 184 g/mol. The van der Waals surface area contributed by atoms with Gasteiger partial charge in [0.2, 0.25) is 6.29 Å². The Morgan fingerprint density at radius 2 is 2.29 bits per heavy atom. The van der Waals surface area contributed by atoms with Crippen LogP contribution >= 0.6 is 0 Å². The van der Waals surface area contributed by atoms with Gasteiger partial charge < -0.3 is 19.7 Å². The fourth-order valence-electron chi connectivity index (χ4n) is 1.36. The second-order valence-electron chi connectivity index (χ2n) is 3.16. The van der Waals surface area contributed by atoms with E-state index in [1.807, 2.05) is 6.92 Å². The molecule has 0 aromatic heterocycles. The number of aliphatic hydroxyl groups excluding tert-OH is 2. The molecule has 0 bridgehead atoms. The number of hydrogen-bond acceptors (Lipinski definition) is 4. The lowest BCUT2D eigenvalue weighted by molar-refractivity contribution is -0.0577. The maximum Gasteiger partial charge on any atom is 0.220 e. The van der Waals surface area contributed by atoms with Crippen LogP contribution in [-0.2, 0) is 9.47 Å². The molecule has 0 spiro atoms. The Labute approximate surface area is 83.5 Å². The van der Waals surface area contributed by atoms with E-state index >= 15 is 0 Å². The van der Waals surface area contributed by atoms with Crippen LogP contribution in [-0.4, -0.2) is 29.7 Å². The Bertz CT molecular complexity index is 267. The fraction of sp³-hybridized carbons (Fsp3) is 0.600. The summed E-state index contributed by atoms with van der Waals surface area (Å²) >= 11 is 0. The average molecular weight is 200 g/mol. The Morgan fingerprint density at radius 3 is 2.79 bits per heavy atom. The van der Waals surface area contributed by atoms with Crippen molar-refractivity contribution >= 4 is 0 Å². The summed E-state index contributed by atoms with van der Waals surface area (Å²) < 4.78 is 10.2. The largest absolute Gasteiger partial charge is 0.496 e. The summed E-state index contributed by atoms with van der Waals surface area (Å²) in [6.45, 7) is 3.63. The van der Waals surface area contributed by atoms with Gasteiger partial charge in [-0.05, 0) is 13.3 Å². The van der Waals surface area contributed by atoms with Crippen LogP contribution in [0.4, 0.5) is 0 Å². The molecule has 4 nitrogen and oxygen atoms in total. The molecule has 0 saturated heterocycles. The van der Waals surface area contributed by atoms with Gasteiger partial charge in [-0.3, -0.25) is 0 Å². The van der Waals surface area contributed by atoms with Crippen molar-refractivity contribution in [2.24, 2.45) is 0 Å². The van der Waals surface area contributed by atoms with Gasteiger partial charge in [-0.25, -0.2) is 0 Å². The summed E-state index contributed by atoms with van der Waals surface area (Å²) in [4.78, 5) is 0. The minimum Gasteiger partial charge on any atom is -0.496 e. The fourth-order valence-corrected chi connectivity index (χ4v) is 1.36. The van der Waals surface area contributed by atoms with Crippen LogP contribution in [0.1, 0.15) is 20.3 Å². The first-order valence-electron chi connectivity index (χ1n) is 4.59. The molecule has 1 aliphatic rings. The van der Waals surface area contributed by atoms with Gasteiger partial charge in [0.05, 0.1) is 7.11 Å². The molecule has 0 radical (unpaired) electrons. The second kappa shape index (κ2) is 4.48. The third kappa shape index (κ3) is 2.08. The normalized spacial score (nSPS) is 24.1. The maximum atomic E-state index is 9.61. The van der Waals surface area contributed by atoms with Crippen LogP contribution < -0.4 is 0 Å². The number of ether oxygens (including phenoxy) is 2. The molecule has 0 aliphatic carbocycles. The molecule has 1 rings (SSSR count). The molecule has 1 unspecified atom stereocenters. The zero-order valence-corrected chi connectivity index (χ0v) is 8.65. The summed E-state index contributed by atoms with van der Waals surface area (Å²) in [5.74, 6) is 0.936. The molecule has 2 atom stereocenters. The van der Waals surface area contributed by atoms with Crippen LogP contribution in [0.3, 0.4) is 0 Å². The zero-order valence-electron chi connectivity index (χ0n) is 8.65. The number of aliphatic hydroxyl groups is 2.